The van der Waals surface area contributed by atoms with Crippen molar-refractivity contribution in [2.24, 2.45) is 4.99 Å². The Morgan fingerprint density at radius 2 is 1.86 bits per heavy atom. The van der Waals surface area contributed by atoms with Crippen LogP contribution >= 0.6 is 23.2 Å². The van der Waals surface area contributed by atoms with Crippen molar-refractivity contribution in [1.82, 2.24) is 10.6 Å². The first kappa shape index (κ1) is 23.7. The van der Waals surface area contributed by atoms with Crippen LogP contribution in [0.5, 0.6) is 0 Å². The van der Waals surface area contributed by atoms with E-state index in [1.54, 1.807) is 18.2 Å². The summed E-state index contributed by atoms with van der Waals surface area (Å²) >= 11 is 12.9. The van der Waals surface area contributed by atoms with Gasteiger partial charge in [-0.3, -0.25) is 4.84 Å². The van der Waals surface area contributed by atoms with Crippen molar-refractivity contribution in [1.29, 1.82) is 0 Å². The average Bonchev–Trinajstić information content (AvgIpc) is 3.40. The fraction of sp³-hybridized carbons (Fsp3) is 0.385. The van der Waals surface area contributed by atoms with E-state index in [9.17, 15) is 4.39 Å². The molecule has 10 heteroatoms. The van der Waals surface area contributed by atoms with Gasteiger partial charge in [-0.1, -0.05) is 34.4 Å². The van der Waals surface area contributed by atoms with Crippen LogP contribution in [0.4, 0.5) is 10.1 Å². The number of ether oxygens (including phenoxy) is 1. The maximum absolute atomic E-state index is 14.9. The topological polar surface area (TPSA) is 72.1 Å². The summed E-state index contributed by atoms with van der Waals surface area (Å²) in [4.78, 5) is 11.2. The number of halogens is 3. The molecule has 0 radical (unpaired) electrons. The van der Waals surface area contributed by atoms with Gasteiger partial charge >= 0.3 is 0 Å². The molecule has 3 aliphatic rings. The summed E-state index contributed by atoms with van der Waals surface area (Å²) in [5.74, 6) is 1.51. The minimum absolute atomic E-state index is 0.0503. The van der Waals surface area contributed by atoms with E-state index >= 15 is 0 Å². The molecule has 7 nitrogen and oxygen atoms in total. The lowest BCUT2D eigenvalue weighted by atomic mass is 10.0. The fourth-order valence-corrected chi connectivity index (χ4v) is 5.38. The van der Waals surface area contributed by atoms with Gasteiger partial charge in [0, 0.05) is 35.7 Å². The van der Waals surface area contributed by atoms with Crippen LogP contribution in [0, 0.1) is 5.82 Å². The van der Waals surface area contributed by atoms with Gasteiger partial charge in [0.25, 0.3) is 0 Å². The molecule has 3 heterocycles. The smallest absolute Gasteiger partial charge is 0.167 e. The Labute approximate surface area is 218 Å². The molecule has 6 rings (SSSR count). The Bertz CT molecular complexity index is 1280. The first-order valence-electron chi connectivity index (χ1n) is 12.1. The molecule has 3 aromatic rings. The lowest BCUT2D eigenvalue weighted by Gasteiger charge is -2.33. The molecule has 188 valence electrons. The number of rotatable bonds is 7. The summed E-state index contributed by atoms with van der Waals surface area (Å²) in [7, 11) is 0. The summed E-state index contributed by atoms with van der Waals surface area (Å²) in [5, 5.41) is 5.40. The second-order valence-corrected chi connectivity index (χ2v) is 10.1. The van der Waals surface area contributed by atoms with Crippen molar-refractivity contribution in [3.63, 3.8) is 0 Å². The number of aliphatic imine (C=N–C) groups is 1. The lowest BCUT2D eigenvalue weighted by Crippen LogP contribution is -2.37. The van der Waals surface area contributed by atoms with E-state index in [2.05, 4.69) is 20.5 Å². The largest absolute Gasteiger partial charge is 0.373 e. The Balaban J connectivity index is 1.12. The maximum atomic E-state index is 14.9. The third kappa shape index (κ3) is 4.70. The fourth-order valence-electron chi connectivity index (χ4n) is 4.80. The van der Waals surface area contributed by atoms with E-state index in [0.717, 1.165) is 37.0 Å². The highest BCUT2D eigenvalue weighted by molar-refractivity contribution is 6.39. The molecule has 2 aliphatic heterocycles. The van der Waals surface area contributed by atoms with Gasteiger partial charge in [-0.2, -0.15) is 0 Å². The normalized spacial score (nSPS) is 18.4. The Kier molecular flexibility index (Phi) is 6.60. The molecule has 2 fully saturated rings. The number of hydrogen-bond acceptors (Lipinski definition) is 7. The van der Waals surface area contributed by atoms with Crippen LogP contribution in [0.2, 0.25) is 10.0 Å². The van der Waals surface area contributed by atoms with Gasteiger partial charge in [0.05, 0.1) is 28.4 Å². The minimum Gasteiger partial charge on any atom is -0.373 e. The molecule has 1 aromatic heterocycles. The molecular weight excluding hydrogens is 506 g/mol. The molecule has 2 aromatic carbocycles. The SMILES string of the molecule is Fc1cc(C2=NCON2)ccc1N1CCC(OCc2c(-c3c(Cl)cccc3Cl)noc2C2CC2)CC1. The van der Waals surface area contributed by atoms with E-state index in [-0.39, 0.29) is 18.7 Å². The second kappa shape index (κ2) is 10.0. The van der Waals surface area contributed by atoms with E-state index < -0.39 is 0 Å². The monoisotopic (exact) mass is 530 g/mol. The first-order valence-corrected chi connectivity index (χ1v) is 12.9. The van der Waals surface area contributed by atoms with Crippen LogP contribution in [0.3, 0.4) is 0 Å². The average molecular weight is 531 g/mol. The zero-order chi connectivity index (χ0) is 24.6. The summed E-state index contributed by atoms with van der Waals surface area (Å²) in [6.45, 7) is 2.00. The second-order valence-electron chi connectivity index (χ2n) is 9.29. The standard InChI is InChI=1S/C26H25Cl2FN4O3/c27-19-2-1-3-20(28)23(19)24-18(25(36-31-24)15-4-5-15)13-34-17-8-10-33(11-9-17)22-7-6-16(12-21(22)29)26-30-14-35-32-26/h1-3,6-7,12,15,17H,4-5,8-11,13-14H2,(H,30,32). The molecule has 36 heavy (non-hydrogen) atoms. The van der Waals surface area contributed by atoms with Crippen molar-refractivity contribution >= 4 is 34.7 Å². The minimum atomic E-state index is -0.275. The number of nitrogens with one attached hydrogen (secondary N) is 1. The third-order valence-corrected chi connectivity index (χ3v) is 7.52. The lowest BCUT2D eigenvalue weighted by molar-refractivity contribution is 0.0246. The van der Waals surface area contributed by atoms with Crippen molar-refractivity contribution in [3.05, 3.63) is 69.1 Å². The molecule has 0 amide bonds. The Morgan fingerprint density at radius 3 is 2.53 bits per heavy atom. The molecule has 1 aliphatic carbocycles. The molecule has 1 saturated carbocycles. The van der Waals surface area contributed by atoms with Gasteiger partial charge in [0.1, 0.15) is 17.3 Å². The van der Waals surface area contributed by atoms with Crippen LogP contribution in [0.15, 0.2) is 45.9 Å². The zero-order valence-electron chi connectivity index (χ0n) is 19.5. The number of nitrogens with zero attached hydrogens (tertiary/aromatic N) is 3. The molecule has 0 spiro atoms. The van der Waals surface area contributed by atoms with E-state index in [1.165, 1.54) is 6.07 Å². The van der Waals surface area contributed by atoms with Gasteiger partial charge < -0.3 is 14.2 Å². The molecule has 0 unspecified atom stereocenters. The van der Waals surface area contributed by atoms with Crippen molar-refractivity contribution in [2.45, 2.75) is 44.3 Å². The van der Waals surface area contributed by atoms with Crippen LogP contribution in [0.1, 0.15) is 48.5 Å². The number of aromatic nitrogens is 1. The third-order valence-electron chi connectivity index (χ3n) is 6.89. The first-order chi connectivity index (χ1) is 17.6. The summed E-state index contributed by atoms with van der Waals surface area (Å²) in [6.07, 6.45) is 3.79. The molecule has 0 bridgehead atoms. The number of piperidine rings is 1. The van der Waals surface area contributed by atoms with Gasteiger partial charge in [-0.25, -0.2) is 14.9 Å². The number of benzene rings is 2. The summed E-state index contributed by atoms with van der Waals surface area (Å²) in [5.41, 5.74) is 6.19. The predicted molar refractivity (Wildman–Crippen MR) is 136 cm³/mol. The zero-order valence-corrected chi connectivity index (χ0v) is 21.0. The van der Waals surface area contributed by atoms with Crippen molar-refractivity contribution < 1.29 is 18.5 Å². The van der Waals surface area contributed by atoms with Crippen molar-refractivity contribution in [3.8, 4) is 11.3 Å². The molecule has 1 saturated heterocycles. The van der Waals surface area contributed by atoms with Gasteiger partial charge in [-0.05, 0) is 56.0 Å². The molecular formula is C26H25Cl2FN4O3. The number of anilines is 1. The Hall–Kier alpha value is -2.65. The highest BCUT2D eigenvalue weighted by Gasteiger charge is 2.34. The number of hydroxylamine groups is 1. The highest BCUT2D eigenvalue weighted by Crippen LogP contribution is 2.46. The predicted octanol–water partition coefficient (Wildman–Crippen LogP) is 6.09. The molecule has 0 atom stereocenters. The van der Waals surface area contributed by atoms with E-state index in [0.29, 0.717) is 64.0 Å². The molecule has 1 N–H and O–H groups in total. The van der Waals surface area contributed by atoms with Gasteiger partial charge in [-0.15, -0.1) is 0 Å². The van der Waals surface area contributed by atoms with Crippen molar-refractivity contribution in [2.75, 3.05) is 24.7 Å². The Morgan fingerprint density at radius 1 is 1.08 bits per heavy atom. The van der Waals surface area contributed by atoms with Crippen LogP contribution in [-0.2, 0) is 16.2 Å². The number of hydrogen-bond donors (Lipinski definition) is 1. The quantitative estimate of drug-likeness (QED) is 0.398. The van der Waals surface area contributed by atoms with Gasteiger partial charge in [0.2, 0.25) is 0 Å². The van der Waals surface area contributed by atoms with Crippen LogP contribution < -0.4 is 10.4 Å². The highest BCUT2D eigenvalue weighted by atomic mass is 35.5. The summed E-state index contributed by atoms with van der Waals surface area (Å²) < 4.78 is 27.0. The van der Waals surface area contributed by atoms with Crippen LogP contribution in [0.25, 0.3) is 11.3 Å². The van der Waals surface area contributed by atoms with E-state index in [1.807, 2.05) is 12.1 Å². The van der Waals surface area contributed by atoms with E-state index in [4.69, 9.17) is 37.3 Å². The summed E-state index contributed by atoms with van der Waals surface area (Å²) in [6, 6.07) is 10.6. The maximum Gasteiger partial charge on any atom is 0.167 e. The van der Waals surface area contributed by atoms with Gasteiger partial charge in [0.15, 0.2) is 12.6 Å². The van der Waals surface area contributed by atoms with Crippen LogP contribution in [-0.4, -0.2) is 36.9 Å². The number of amidine groups is 1.